The van der Waals surface area contributed by atoms with Crippen LogP contribution in [0.1, 0.15) is 24.1 Å². The minimum absolute atomic E-state index is 0.241. The van der Waals surface area contributed by atoms with Gasteiger partial charge in [-0.25, -0.2) is 0 Å². The van der Waals surface area contributed by atoms with Crippen molar-refractivity contribution in [1.82, 2.24) is 9.59 Å². The zero-order valence-electron chi connectivity index (χ0n) is 9.40. The van der Waals surface area contributed by atoms with E-state index in [-0.39, 0.29) is 6.04 Å². The maximum Gasteiger partial charge on any atom is 0.416 e. The molecule has 1 N–H and O–H groups in total. The van der Waals surface area contributed by atoms with Crippen molar-refractivity contribution < 1.29 is 13.2 Å². The molecule has 3 nitrogen and oxygen atoms in total. The van der Waals surface area contributed by atoms with E-state index in [9.17, 15) is 13.2 Å². The highest BCUT2D eigenvalue weighted by Gasteiger charge is 2.30. The van der Waals surface area contributed by atoms with E-state index in [2.05, 4.69) is 14.9 Å². The van der Waals surface area contributed by atoms with Gasteiger partial charge in [-0.3, -0.25) is 0 Å². The Balaban J connectivity index is 2.18. The molecule has 1 heterocycles. The molecule has 0 fully saturated rings. The number of aromatic nitrogens is 2. The van der Waals surface area contributed by atoms with Gasteiger partial charge in [0, 0.05) is 17.6 Å². The van der Waals surface area contributed by atoms with Crippen molar-refractivity contribution in [3.05, 3.63) is 41.6 Å². The summed E-state index contributed by atoms with van der Waals surface area (Å²) in [6, 6.07) is 5.02. The molecule has 96 valence electrons. The molecule has 1 atom stereocenters. The summed E-state index contributed by atoms with van der Waals surface area (Å²) in [5.41, 5.74) is -0.0747. The van der Waals surface area contributed by atoms with Crippen LogP contribution in [0.5, 0.6) is 0 Å². The number of nitrogens with zero attached hydrogens (tertiary/aromatic N) is 2. The van der Waals surface area contributed by atoms with Crippen molar-refractivity contribution >= 4 is 16.5 Å². The first-order valence-corrected chi connectivity index (χ1v) is 5.95. The highest BCUT2D eigenvalue weighted by Crippen LogP contribution is 2.31. The number of hydrogen-bond donors (Lipinski definition) is 1. The van der Waals surface area contributed by atoms with Crippen molar-refractivity contribution in [2.45, 2.75) is 19.1 Å². The Bertz CT molecular complexity index is 511. The topological polar surface area (TPSA) is 37.8 Å². The average molecular weight is 273 g/mol. The van der Waals surface area contributed by atoms with E-state index < -0.39 is 11.7 Å². The number of nitrogens with one attached hydrogen (secondary N) is 1. The van der Waals surface area contributed by atoms with Gasteiger partial charge < -0.3 is 5.32 Å². The SMILES string of the molecule is CC(Nc1cnns1)c1cccc(C(F)(F)F)c1. The Hall–Kier alpha value is -1.63. The van der Waals surface area contributed by atoms with Crippen LogP contribution >= 0.6 is 11.5 Å². The molecule has 2 aromatic rings. The number of benzene rings is 1. The minimum Gasteiger partial charge on any atom is -0.368 e. The van der Waals surface area contributed by atoms with E-state index in [0.29, 0.717) is 5.56 Å². The summed E-state index contributed by atoms with van der Waals surface area (Å²) < 4.78 is 41.4. The molecule has 0 saturated heterocycles. The van der Waals surface area contributed by atoms with Gasteiger partial charge in [-0.1, -0.05) is 16.6 Å². The molecular formula is C11H10F3N3S. The molecule has 0 aliphatic carbocycles. The van der Waals surface area contributed by atoms with Crippen LogP contribution in [0.15, 0.2) is 30.5 Å². The second-order valence-corrected chi connectivity index (χ2v) is 4.56. The van der Waals surface area contributed by atoms with Crippen molar-refractivity contribution in [2.24, 2.45) is 0 Å². The summed E-state index contributed by atoms with van der Waals surface area (Å²) in [5.74, 6) is 0. The zero-order valence-corrected chi connectivity index (χ0v) is 10.2. The molecule has 2 rings (SSSR count). The van der Waals surface area contributed by atoms with Crippen molar-refractivity contribution in [1.29, 1.82) is 0 Å². The van der Waals surface area contributed by atoms with Gasteiger partial charge in [0.2, 0.25) is 0 Å². The van der Waals surface area contributed by atoms with E-state index in [1.807, 2.05) is 0 Å². The van der Waals surface area contributed by atoms with Crippen LogP contribution in [-0.2, 0) is 6.18 Å². The fourth-order valence-corrected chi connectivity index (χ4v) is 2.02. The lowest BCUT2D eigenvalue weighted by molar-refractivity contribution is -0.137. The predicted octanol–water partition coefficient (Wildman–Crippen LogP) is 3.73. The van der Waals surface area contributed by atoms with Gasteiger partial charge in [0.15, 0.2) is 0 Å². The summed E-state index contributed by atoms with van der Waals surface area (Å²) in [5, 5.41) is 7.42. The number of rotatable bonds is 3. The van der Waals surface area contributed by atoms with Crippen molar-refractivity contribution in [3.63, 3.8) is 0 Å². The molecule has 1 aromatic carbocycles. The first kappa shape index (κ1) is 12.8. The van der Waals surface area contributed by atoms with Gasteiger partial charge in [0.05, 0.1) is 11.8 Å². The number of alkyl halides is 3. The lowest BCUT2D eigenvalue weighted by atomic mass is 10.1. The van der Waals surface area contributed by atoms with Crippen LogP contribution in [-0.4, -0.2) is 9.59 Å². The molecule has 0 radical (unpaired) electrons. The molecule has 0 amide bonds. The summed E-state index contributed by atoms with van der Waals surface area (Å²) in [7, 11) is 0. The van der Waals surface area contributed by atoms with Gasteiger partial charge in [-0.2, -0.15) is 13.2 Å². The maximum absolute atomic E-state index is 12.6. The number of halogens is 3. The monoisotopic (exact) mass is 273 g/mol. The van der Waals surface area contributed by atoms with Crippen molar-refractivity contribution in [2.75, 3.05) is 5.32 Å². The van der Waals surface area contributed by atoms with Crippen LogP contribution in [0.4, 0.5) is 18.2 Å². The van der Waals surface area contributed by atoms with Gasteiger partial charge in [0.1, 0.15) is 5.00 Å². The lowest BCUT2D eigenvalue weighted by Crippen LogP contribution is -2.09. The maximum atomic E-state index is 12.6. The van der Waals surface area contributed by atoms with E-state index in [1.54, 1.807) is 13.0 Å². The molecule has 0 aliphatic heterocycles. The lowest BCUT2D eigenvalue weighted by Gasteiger charge is -2.15. The summed E-state index contributed by atoms with van der Waals surface area (Å²) in [4.78, 5) is 0. The van der Waals surface area contributed by atoms with Crippen LogP contribution in [0.3, 0.4) is 0 Å². The van der Waals surface area contributed by atoms with Gasteiger partial charge in [-0.15, -0.1) is 5.10 Å². The zero-order chi connectivity index (χ0) is 13.2. The Labute approximate surface area is 106 Å². The Morgan fingerprint density at radius 3 is 2.72 bits per heavy atom. The summed E-state index contributed by atoms with van der Waals surface area (Å²) in [6.45, 7) is 1.79. The molecule has 1 aromatic heterocycles. The predicted molar refractivity (Wildman–Crippen MR) is 63.4 cm³/mol. The number of anilines is 1. The number of hydrogen-bond acceptors (Lipinski definition) is 4. The van der Waals surface area contributed by atoms with Crippen LogP contribution < -0.4 is 5.32 Å². The normalized spacial score (nSPS) is 13.3. The van der Waals surface area contributed by atoms with E-state index in [0.717, 1.165) is 28.7 Å². The third-order valence-corrected chi connectivity index (χ3v) is 3.03. The second kappa shape index (κ2) is 4.93. The molecule has 1 unspecified atom stereocenters. The van der Waals surface area contributed by atoms with E-state index in [4.69, 9.17) is 0 Å². The van der Waals surface area contributed by atoms with Gasteiger partial charge >= 0.3 is 6.18 Å². The van der Waals surface area contributed by atoms with Gasteiger partial charge in [-0.05, 0) is 24.6 Å². The van der Waals surface area contributed by atoms with Crippen LogP contribution in [0.2, 0.25) is 0 Å². The molecule has 0 bridgehead atoms. The first-order valence-electron chi connectivity index (χ1n) is 5.18. The highest BCUT2D eigenvalue weighted by atomic mass is 32.1. The highest BCUT2D eigenvalue weighted by molar-refractivity contribution is 7.09. The molecule has 18 heavy (non-hydrogen) atoms. The standard InChI is InChI=1S/C11H10F3N3S/c1-7(16-10-6-15-17-18-10)8-3-2-4-9(5-8)11(12,13)14/h2-7,16H,1H3. The molecule has 0 spiro atoms. The van der Waals surface area contributed by atoms with E-state index >= 15 is 0 Å². The third-order valence-electron chi connectivity index (χ3n) is 2.43. The molecule has 7 heteroatoms. The minimum atomic E-state index is -4.32. The molecule has 0 saturated carbocycles. The molecular weight excluding hydrogens is 263 g/mol. The third kappa shape index (κ3) is 2.98. The van der Waals surface area contributed by atoms with Crippen molar-refractivity contribution in [3.8, 4) is 0 Å². The Morgan fingerprint density at radius 1 is 1.33 bits per heavy atom. The fraction of sp³-hybridized carbons (Fsp3) is 0.273. The average Bonchev–Trinajstić information content (AvgIpc) is 2.81. The van der Waals surface area contributed by atoms with Crippen LogP contribution in [0, 0.1) is 0 Å². The smallest absolute Gasteiger partial charge is 0.368 e. The Morgan fingerprint density at radius 2 is 2.11 bits per heavy atom. The molecule has 0 aliphatic rings. The van der Waals surface area contributed by atoms with E-state index in [1.165, 1.54) is 12.3 Å². The first-order chi connectivity index (χ1) is 8.47. The van der Waals surface area contributed by atoms with Crippen LogP contribution in [0.25, 0.3) is 0 Å². The summed E-state index contributed by atoms with van der Waals surface area (Å²) in [6.07, 6.45) is -2.78. The largest absolute Gasteiger partial charge is 0.416 e. The fourth-order valence-electron chi connectivity index (χ4n) is 1.51. The quantitative estimate of drug-likeness (QED) is 0.926. The summed E-state index contributed by atoms with van der Waals surface area (Å²) >= 11 is 1.16. The Kier molecular flexibility index (Phi) is 3.51. The second-order valence-electron chi connectivity index (χ2n) is 3.77. The van der Waals surface area contributed by atoms with Gasteiger partial charge in [0.25, 0.3) is 0 Å².